The number of hydrogen-bond donors (Lipinski definition) is 1. The Morgan fingerprint density at radius 1 is 1.30 bits per heavy atom. The molecule has 3 nitrogen and oxygen atoms in total. The lowest BCUT2D eigenvalue weighted by Crippen LogP contribution is -2.32. The fraction of sp³-hybridized carbons (Fsp3) is 0.600. The predicted molar refractivity (Wildman–Crippen MR) is 83.9 cm³/mol. The second-order valence-corrected chi connectivity index (χ2v) is 9.21. The van der Waals surface area contributed by atoms with Crippen LogP contribution in [0.25, 0.3) is 0 Å². The van der Waals surface area contributed by atoms with Crippen LogP contribution in [0.1, 0.15) is 37.8 Å². The van der Waals surface area contributed by atoms with Crippen molar-refractivity contribution in [2.75, 3.05) is 11.5 Å². The summed E-state index contributed by atoms with van der Waals surface area (Å²) in [7, 11) is -3.09. The van der Waals surface area contributed by atoms with E-state index in [0.717, 1.165) is 29.4 Å². The zero-order valence-corrected chi connectivity index (χ0v) is 13.3. The van der Waals surface area contributed by atoms with E-state index in [4.69, 9.17) is 0 Å². The van der Waals surface area contributed by atoms with Crippen molar-refractivity contribution in [3.63, 3.8) is 0 Å². The molecule has 1 aliphatic heterocycles. The molecular weight excluding hydrogens is 290 g/mol. The first-order valence-electron chi connectivity index (χ1n) is 7.29. The van der Waals surface area contributed by atoms with Crippen molar-refractivity contribution in [3.8, 4) is 0 Å². The molecule has 0 aromatic heterocycles. The molecule has 1 aliphatic carbocycles. The van der Waals surface area contributed by atoms with Crippen LogP contribution in [0.5, 0.6) is 0 Å². The van der Waals surface area contributed by atoms with Crippen LogP contribution >= 0.6 is 11.8 Å². The molecule has 3 unspecified atom stereocenters. The summed E-state index contributed by atoms with van der Waals surface area (Å²) >= 11 is 2.03. The number of rotatable bonds is 4. The van der Waals surface area contributed by atoms with E-state index >= 15 is 0 Å². The van der Waals surface area contributed by atoms with E-state index in [-0.39, 0.29) is 11.8 Å². The third-order valence-electron chi connectivity index (χ3n) is 4.24. The minimum Gasteiger partial charge on any atom is -0.306 e. The van der Waals surface area contributed by atoms with E-state index in [2.05, 4.69) is 12.2 Å². The van der Waals surface area contributed by atoms with Gasteiger partial charge in [-0.15, -0.1) is 0 Å². The largest absolute Gasteiger partial charge is 0.306 e. The first kappa shape index (κ1) is 14.4. The lowest BCUT2D eigenvalue weighted by Gasteiger charge is -2.19. The van der Waals surface area contributed by atoms with Gasteiger partial charge in [-0.05, 0) is 36.6 Å². The number of benzene rings is 1. The summed E-state index contributed by atoms with van der Waals surface area (Å²) < 4.78 is 24.3. The van der Waals surface area contributed by atoms with E-state index in [1.807, 2.05) is 30.0 Å². The molecular formula is C15H21NO2S2. The molecule has 0 spiro atoms. The van der Waals surface area contributed by atoms with E-state index in [0.29, 0.717) is 10.9 Å². The minimum absolute atomic E-state index is 0.0217. The topological polar surface area (TPSA) is 46.2 Å². The standard InChI is InChI=1S/C15H21NO2S2/c1-2-19-12-8-7-11(9-12)16-14-10-20(17,18)15-6-4-3-5-13(14)15/h3-6,11-12,14,16H,2,7-10H2,1H3. The highest BCUT2D eigenvalue weighted by atomic mass is 32.2. The van der Waals surface area contributed by atoms with Crippen LogP contribution in [0, 0.1) is 0 Å². The summed E-state index contributed by atoms with van der Waals surface area (Å²) in [6.45, 7) is 2.20. The minimum atomic E-state index is -3.09. The maximum atomic E-state index is 12.2. The first-order chi connectivity index (χ1) is 9.60. The van der Waals surface area contributed by atoms with Gasteiger partial charge in [-0.2, -0.15) is 11.8 Å². The molecule has 0 radical (unpaired) electrons. The van der Waals surface area contributed by atoms with Crippen LogP contribution in [0.4, 0.5) is 0 Å². The summed E-state index contributed by atoms with van der Waals surface area (Å²) in [4.78, 5) is 0.523. The van der Waals surface area contributed by atoms with Crippen molar-refractivity contribution < 1.29 is 8.42 Å². The molecule has 2 aliphatic rings. The third kappa shape index (κ3) is 2.76. The van der Waals surface area contributed by atoms with Gasteiger partial charge in [0.15, 0.2) is 9.84 Å². The Bertz CT molecular complexity index is 585. The van der Waals surface area contributed by atoms with E-state index < -0.39 is 9.84 Å². The Morgan fingerprint density at radius 3 is 2.90 bits per heavy atom. The van der Waals surface area contributed by atoms with Crippen molar-refractivity contribution in [2.45, 2.75) is 48.4 Å². The normalized spacial score (nSPS) is 31.4. The van der Waals surface area contributed by atoms with Crippen molar-refractivity contribution >= 4 is 21.6 Å². The number of hydrogen-bond acceptors (Lipinski definition) is 4. The molecule has 20 heavy (non-hydrogen) atoms. The summed E-state index contributed by atoms with van der Waals surface area (Å²) in [6, 6.07) is 7.86. The average molecular weight is 311 g/mol. The van der Waals surface area contributed by atoms with Gasteiger partial charge in [0, 0.05) is 17.3 Å². The number of fused-ring (bicyclic) bond motifs is 1. The molecule has 0 bridgehead atoms. The Labute approximate surface area is 125 Å². The summed E-state index contributed by atoms with van der Waals surface area (Å²) in [5, 5.41) is 4.33. The SMILES string of the molecule is CCSC1CCC(NC2CS(=O)(=O)c3ccccc32)C1. The van der Waals surface area contributed by atoms with Crippen LogP contribution in [-0.2, 0) is 9.84 Å². The zero-order chi connectivity index (χ0) is 14.2. The second-order valence-electron chi connectivity index (χ2n) is 5.63. The van der Waals surface area contributed by atoms with Gasteiger partial charge in [0.1, 0.15) is 0 Å². The fourth-order valence-corrected chi connectivity index (χ4v) is 6.24. The molecule has 5 heteroatoms. The van der Waals surface area contributed by atoms with Crippen LogP contribution in [-0.4, -0.2) is 31.2 Å². The maximum Gasteiger partial charge on any atom is 0.180 e. The van der Waals surface area contributed by atoms with Gasteiger partial charge in [-0.1, -0.05) is 25.1 Å². The smallest absolute Gasteiger partial charge is 0.180 e. The van der Waals surface area contributed by atoms with Crippen LogP contribution < -0.4 is 5.32 Å². The summed E-state index contributed by atoms with van der Waals surface area (Å²) in [5.41, 5.74) is 0.957. The highest BCUT2D eigenvalue weighted by molar-refractivity contribution is 7.99. The summed E-state index contributed by atoms with van der Waals surface area (Å²) in [6.07, 6.45) is 3.57. The highest BCUT2D eigenvalue weighted by Gasteiger charge is 2.36. The fourth-order valence-electron chi connectivity index (χ4n) is 3.35. The first-order valence-corrected chi connectivity index (χ1v) is 9.99. The average Bonchev–Trinajstić information content (AvgIpc) is 2.95. The third-order valence-corrected chi connectivity index (χ3v) is 7.29. The second kappa shape index (κ2) is 5.70. The molecule has 1 fully saturated rings. The number of nitrogens with one attached hydrogen (secondary N) is 1. The maximum absolute atomic E-state index is 12.2. The van der Waals surface area contributed by atoms with Gasteiger partial charge >= 0.3 is 0 Å². The molecule has 1 saturated carbocycles. The van der Waals surface area contributed by atoms with Gasteiger partial charge < -0.3 is 5.32 Å². The molecule has 3 atom stereocenters. The van der Waals surface area contributed by atoms with E-state index in [1.165, 1.54) is 6.42 Å². The van der Waals surface area contributed by atoms with Crippen LogP contribution in [0.3, 0.4) is 0 Å². The Balaban J connectivity index is 1.71. The van der Waals surface area contributed by atoms with Gasteiger partial charge in [0.2, 0.25) is 0 Å². The van der Waals surface area contributed by atoms with Crippen molar-refractivity contribution in [1.82, 2.24) is 5.32 Å². The molecule has 1 heterocycles. The molecule has 3 rings (SSSR count). The van der Waals surface area contributed by atoms with Crippen molar-refractivity contribution in [2.24, 2.45) is 0 Å². The molecule has 1 aromatic rings. The summed E-state index contributed by atoms with van der Waals surface area (Å²) in [5.74, 6) is 1.38. The van der Waals surface area contributed by atoms with Gasteiger partial charge in [-0.25, -0.2) is 8.42 Å². The van der Waals surface area contributed by atoms with Gasteiger partial charge in [-0.3, -0.25) is 0 Å². The van der Waals surface area contributed by atoms with Crippen molar-refractivity contribution in [1.29, 1.82) is 0 Å². The molecule has 0 saturated heterocycles. The molecule has 110 valence electrons. The monoisotopic (exact) mass is 311 g/mol. The van der Waals surface area contributed by atoms with Gasteiger partial charge in [0.05, 0.1) is 10.6 Å². The lowest BCUT2D eigenvalue weighted by atomic mass is 10.1. The van der Waals surface area contributed by atoms with Crippen LogP contribution in [0.2, 0.25) is 0 Å². The molecule has 0 amide bonds. The molecule has 1 N–H and O–H groups in total. The Morgan fingerprint density at radius 2 is 2.10 bits per heavy atom. The quantitative estimate of drug-likeness (QED) is 0.929. The highest BCUT2D eigenvalue weighted by Crippen LogP contribution is 2.36. The number of sulfone groups is 1. The van der Waals surface area contributed by atoms with Crippen LogP contribution in [0.15, 0.2) is 29.2 Å². The van der Waals surface area contributed by atoms with E-state index in [1.54, 1.807) is 6.07 Å². The number of thioether (sulfide) groups is 1. The van der Waals surface area contributed by atoms with E-state index in [9.17, 15) is 8.42 Å². The van der Waals surface area contributed by atoms with Gasteiger partial charge in [0.25, 0.3) is 0 Å². The van der Waals surface area contributed by atoms with Crippen molar-refractivity contribution in [3.05, 3.63) is 29.8 Å². The molecule has 1 aromatic carbocycles. The lowest BCUT2D eigenvalue weighted by molar-refractivity contribution is 0.464. The Kier molecular flexibility index (Phi) is 4.11. The Hall–Kier alpha value is -0.520. The predicted octanol–water partition coefficient (Wildman–Crippen LogP) is 2.78. The zero-order valence-electron chi connectivity index (χ0n) is 11.7.